The summed E-state index contributed by atoms with van der Waals surface area (Å²) in [7, 11) is 0. The van der Waals surface area contributed by atoms with Crippen LogP contribution in [-0.4, -0.2) is 5.11 Å². The standard InChI is InChI=1S/C17H23NO/c1-12-6-5-9-17(2,3)15(12)16(19)14-8-4-7-13(10-14)11-18/h4,7-8,10,12,15-16,19H,5-6,9H2,1-3H3/t12-,15-,16+/m0/s1. The molecule has 1 saturated carbocycles. The van der Waals surface area contributed by atoms with Crippen LogP contribution in [0.3, 0.4) is 0 Å². The molecule has 0 aromatic heterocycles. The largest absolute Gasteiger partial charge is 0.388 e. The van der Waals surface area contributed by atoms with Crippen LogP contribution in [0, 0.1) is 28.6 Å². The highest BCUT2D eigenvalue weighted by Crippen LogP contribution is 2.49. The Kier molecular flexibility index (Phi) is 3.96. The molecule has 2 rings (SSSR count). The highest BCUT2D eigenvalue weighted by atomic mass is 16.3. The van der Waals surface area contributed by atoms with Gasteiger partial charge in [-0.25, -0.2) is 0 Å². The molecule has 0 saturated heterocycles. The first-order valence-electron chi connectivity index (χ1n) is 7.14. The second-order valence-corrected chi connectivity index (χ2v) is 6.57. The molecule has 19 heavy (non-hydrogen) atoms. The fraction of sp³-hybridized carbons (Fsp3) is 0.588. The molecule has 0 unspecified atom stereocenters. The third-order valence-corrected chi connectivity index (χ3v) is 4.69. The Morgan fingerprint density at radius 3 is 2.79 bits per heavy atom. The lowest BCUT2D eigenvalue weighted by atomic mass is 9.61. The van der Waals surface area contributed by atoms with Gasteiger partial charge in [-0.05, 0) is 41.4 Å². The highest BCUT2D eigenvalue weighted by Gasteiger charge is 2.41. The van der Waals surface area contributed by atoms with E-state index in [1.54, 1.807) is 6.07 Å². The molecular formula is C17H23NO. The van der Waals surface area contributed by atoms with Gasteiger partial charge in [0.15, 0.2) is 0 Å². The fourth-order valence-electron chi connectivity index (χ4n) is 3.73. The average Bonchev–Trinajstić information content (AvgIpc) is 2.37. The highest BCUT2D eigenvalue weighted by molar-refractivity contribution is 5.34. The number of benzene rings is 1. The Morgan fingerprint density at radius 2 is 2.16 bits per heavy atom. The van der Waals surface area contributed by atoms with E-state index in [-0.39, 0.29) is 11.3 Å². The zero-order valence-corrected chi connectivity index (χ0v) is 12.1. The van der Waals surface area contributed by atoms with Gasteiger partial charge in [0.05, 0.1) is 17.7 Å². The number of rotatable bonds is 2. The second kappa shape index (κ2) is 5.35. The summed E-state index contributed by atoms with van der Waals surface area (Å²) in [5, 5.41) is 19.7. The third kappa shape index (κ3) is 2.82. The quantitative estimate of drug-likeness (QED) is 0.868. The first-order chi connectivity index (χ1) is 8.95. The van der Waals surface area contributed by atoms with E-state index in [4.69, 9.17) is 5.26 Å². The number of aliphatic hydroxyl groups is 1. The van der Waals surface area contributed by atoms with Gasteiger partial charge in [-0.2, -0.15) is 5.26 Å². The van der Waals surface area contributed by atoms with Crippen molar-refractivity contribution in [2.24, 2.45) is 17.3 Å². The van der Waals surface area contributed by atoms with E-state index in [0.717, 1.165) is 12.0 Å². The molecule has 0 bridgehead atoms. The molecule has 1 fully saturated rings. The van der Waals surface area contributed by atoms with Gasteiger partial charge in [0.25, 0.3) is 0 Å². The van der Waals surface area contributed by atoms with Crippen molar-refractivity contribution in [1.82, 2.24) is 0 Å². The minimum absolute atomic E-state index is 0.153. The number of hydrogen-bond acceptors (Lipinski definition) is 2. The summed E-state index contributed by atoms with van der Waals surface area (Å²) in [5.74, 6) is 0.777. The zero-order chi connectivity index (χ0) is 14.0. The SMILES string of the molecule is C[C@H]1CCCC(C)(C)[C@@H]1[C@H](O)c1cccc(C#N)c1. The Hall–Kier alpha value is -1.33. The number of nitrogens with zero attached hydrogens (tertiary/aromatic N) is 1. The molecule has 1 aliphatic rings. The summed E-state index contributed by atoms with van der Waals surface area (Å²) in [6, 6.07) is 9.54. The third-order valence-electron chi connectivity index (χ3n) is 4.69. The van der Waals surface area contributed by atoms with Gasteiger partial charge >= 0.3 is 0 Å². The molecule has 1 N–H and O–H groups in total. The number of aliphatic hydroxyl groups excluding tert-OH is 1. The maximum absolute atomic E-state index is 10.8. The lowest BCUT2D eigenvalue weighted by molar-refractivity contribution is -0.0292. The van der Waals surface area contributed by atoms with Gasteiger partial charge in [-0.3, -0.25) is 0 Å². The van der Waals surface area contributed by atoms with E-state index in [0.29, 0.717) is 11.5 Å². The molecule has 0 radical (unpaired) electrons. The molecule has 102 valence electrons. The summed E-state index contributed by atoms with van der Waals surface area (Å²) in [6.07, 6.45) is 3.12. The Balaban J connectivity index is 2.31. The maximum Gasteiger partial charge on any atom is 0.0991 e. The number of nitriles is 1. The van der Waals surface area contributed by atoms with Crippen LogP contribution >= 0.6 is 0 Å². The van der Waals surface area contributed by atoms with Crippen LogP contribution in [0.2, 0.25) is 0 Å². The minimum atomic E-state index is -0.474. The van der Waals surface area contributed by atoms with Crippen molar-refractivity contribution in [2.45, 2.75) is 46.1 Å². The summed E-state index contributed by atoms with van der Waals surface area (Å²) in [4.78, 5) is 0. The normalized spacial score (nSPS) is 27.5. The van der Waals surface area contributed by atoms with Crippen molar-refractivity contribution in [3.8, 4) is 6.07 Å². The van der Waals surface area contributed by atoms with E-state index in [9.17, 15) is 5.11 Å². The Bertz CT molecular complexity index is 486. The van der Waals surface area contributed by atoms with Crippen LogP contribution < -0.4 is 0 Å². The molecule has 1 aliphatic carbocycles. The maximum atomic E-state index is 10.8. The first-order valence-corrected chi connectivity index (χ1v) is 7.14. The number of hydrogen-bond donors (Lipinski definition) is 1. The van der Waals surface area contributed by atoms with Gasteiger partial charge in [-0.1, -0.05) is 45.7 Å². The van der Waals surface area contributed by atoms with Gasteiger partial charge in [0.1, 0.15) is 0 Å². The van der Waals surface area contributed by atoms with Crippen molar-refractivity contribution < 1.29 is 5.11 Å². The van der Waals surface area contributed by atoms with Crippen LogP contribution in [0.5, 0.6) is 0 Å². The van der Waals surface area contributed by atoms with Crippen LogP contribution in [0.15, 0.2) is 24.3 Å². The molecule has 2 heteroatoms. The molecule has 1 aromatic carbocycles. The summed E-state index contributed by atoms with van der Waals surface area (Å²) >= 11 is 0. The lowest BCUT2D eigenvalue weighted by Gasteiger charge is -2.45. The molecule has 2 nitrogen and oxygen atoms in total. The van der Waals surface area contributed by atoms with Crippen molar-refractivity contribution in [2.75, 3.05) is 0 Å². The van der Waals surface area contributed by atoms with E-state index in [2.05, 4.69) is 26.8 Å². The molecule has 0 aliphatic heterocycles. The van der Waals surface area contributed by atoms with Crippen molar-refractivity contribution >= 4 is 0 Å². The zero-order valence-electron chi connectivity index (χ0n) is 12.1. The molecule has 0 heterocycles. The van der Waals surface area contributed by atoms with Gasteiger partial charge in [0.2, 0.25) is 0 Å². The Morgan fingerprint density at radius 1 is 1.42 bits per heavy atom. The van der Waals surface area contributed by atoms with Gasteiger partial charge in [-0.15, -0.1) is 0 Å². The van der Waals surface area contributed by atoms with Crippen molar-refractivity contribution in [3.63, 3.8) is 0 Å². The van der Waals surface area contributed by atoms with E-state index >= 15 is 0 Å². The summed E-state index contributed by atoms with van der Waals surface area (Å²) in [5.41, 5.74) is 1.66. The smallest absolute Gasteiger partial charge is 0.0991 e. The van der Waals surface area contributed by atoms with E-state index in [1.165, 1.54) is 12.8 Å². The van der Waals surface area contributed by atoms with Gasteiger partial charge in [0, 0.05) is 0 Å². The molecule has 1 aromatic rings. The molecular weight excluding hydrogens is 234 g/mol. The minimum Gasteiger partial charge on any atom is -0.388 e. The second-order valence-electron chi connectivity index (χ2n) is 6.57. The van der Waals surface area contributed by atoms with Crippen LogP contribution in [0.1, 0.15) is 57.3 Å². The van der Waals surface area contributed by atoms with Crippen LogP contribution in [-0.2, 0) is 0 Å². The molecule has 0 amide bonds. The first kappa shape index (κ1) is 14.1. The average molecular weight is 257 g/mol. The van der Waals surface area contributed by atoms with Crippen molar-refractivity contribution in [1.29, 1.82) is 5.26 Å². The summed E-state index contributed by atoms with van der Waals surface area (Å²) in [6.45, 7) is 6.75. The molecule has 3 atom stereocenters. The molecule has 0 spiro atoms. The monoisotopic (exact) mass is 257 g/mol. The predicted molar refractivity (Wildman–Crippen MR) is 76.4 cm³/mol. The van der Waals surface area contributed by atoms with Gasteiger partial charge < -0.3 is 5.11 Å². The predicted octanol–water partition coefficient (Wildman–Crippen LogP) is 4.05. The van der Waals surface area contributed by atoms with E-state index < -0.39 is 6.10 Å². The summed E-state index contributed by atoms with van der Waals surface area (Å²) < 4.78 is 0. The van der Waals surface area contributed by atoms with Crippen molar-refractivity contribution in [3.05, 3.63) is 35.4 Å². The Labute approximate surface area is 116 Å². The lowest BCUT2D eigenvalue weighted by Crippen LogP contribution is -2.37. The van der Waals surface area contributed by atoms with Crippen LogP contribution in [0.25, 0.3) is 0 Å². The van der Waals surface area contributed by atoms with E-state index in [1.807, 2.05) is 18.2 Å². The fourth-order valence-corrected chi connectivity index (χ4v) is 3.73. The van der Waals surface area contributed by atoms with Crippen LogP contribution in [0.4, 0.5) is 0 Å². The topological polar surface area (TPSA) is 44.0 Å².